The predicted molar refractivity (Wildman–Crippen MR) is 97.2 cm³/mol. The van der Waals surface area contributed by atoms with Crippen molar-refractivity contribution in [3.63, 3.8) is 0 Å². The average molecular weight is 350 g/mol. The molecule has 0 atom stereocenters. The fourth-order valence-electron chi connectivity index (χ4n) is 3.09. The first-order valence-corrected chi connectivity index (χ1v) is 8.40. The SMILES string of the molecule is O=C(O)c1[nH]nnc1-c1ccc(-c2ccc(N3CCOCC3)cc2)cc1. The third-order valence-corrected chi connectivity index (χ3v) is 4.50. The van der Waals surface area contributed by atoms with Crippen molar-refractivity contribution in [1.82, 2.24) is 15.4 Å². The lowest BCUT2D eigenvalue weighted by atomic mass is 10.0. The number of morpholine rings is 1. The lowest BCUT2D eigenvalue weighted by Gasteiger charge is -2.28. The van der Waals surface area contributed by atoms with E-state index in [0.717, 1.165) is 37.4 Å². The van der Waals surface area contributed by atoms with Gasteiger partial charge in [-0.1, -0.05) is 41.6 Å². The molecule has 2 aromatic carbocycles. The van der Waals surface area contributed by atoms with Crippen LogP contribution in [0.4, 0.5) is 5.69 Å². The molecule has 7 nitrogen and oxygen atoms in total. The van der Waals surface area contributed by atoms with Crippen LogP contribution >= 0.6 is 0 Å². The second kappa shape index (κ2) is 6.97. The van der Waals surface area contributed by atoms with Crippen molar-refractivity contribution in [2.45, 2.75) is 0 Å². The molecule has 1 aromatic heterocycles. The molecule has 4 rings (SSSR count). The van der Waals surface area contributed by atoms with Gasteiger partial charge < -0.3 is 14.7 Å². The number of carbonyl (C=O) groups is 1. The molecule has 1 saturated heterocycles. The molecular weight excluding hydrogens is 332 g/mol. The van der Waals surface area contributed by atoms with Gasteiger partial charge >= 0.3 is 5.97 Å². The van der Waals surface area contributed by atoms with Gasteiger partial charge in [-0.2, -0.15) is 0 Å². The lowest BCUT2D eigenvalue weighted by molar-refractivity contribution is 0.0691. The third-order valence-electron chi connectivity index (χ3n) is 4.50. The number of nitrogens with one attached hydrogen (secondary N) is 1. The van der Waals surface area contributed by atoms with Gasteiger partial charge in [0.15, 0.2) is 5.69 Å². The molecule has 0 radical (unpaired) electrons. The minimum atomic E-state index is -1.08. The Bertz CT molecular complexity index is 897. The molecule has 0 aliphatic carbocycles. The number of H-pyrrole nitrogens is 1. The van der Waals surface area contributed by atoms with E-state index in [-0.39, 0.29) is 5.69 Å². The fourth-order valence-corrected chi connectivity index (χ4v) is 3.09. The number of anilines is 1. The zero-order valence-corrected chi connectivity index (χ0v) is 14.1. The summed E-state index contributed by atoms with van der Waals surface area (Å²) in [6.45, 7) is 3.36. The van der Waals surface area contributed by atoms with Gasteiger partial charge in [0, 0.05) is 24.3 Å². The Balaban J connectivity index is 1.55. The zero-order chi connectivity index (χ0) is 17.9. The summed E-state index contributed by atoms with van der Waals surface area (Å²) in [4.78, 5) is 13.5. The summed E-state index contributed by atoms with van der Waals surface area (Å²) in [6.07, 6.45) is 0. The number of hydrogen-bond acceptors (Lipinski definition) is 5. The second-order valence-corrected chi connectivity index (χ2v) is 6.06. The van der Waals surface area contributed by atoms with Gasteiger partial charge in [0.2, 0.25) is 0 Å². The summed E-state index contributed by atoms with van der Waals surface area (Å²) in [6, 6.07) is 16.1. The number of carboxylic acids is 1. The molecule has 0 bridgehead atoms. The Hall–Kier alpha value is -3.19. The summed E-state index contributed by atoms with van der Waals surface area (Å²) < 4.78 is 5.39. The van der Waals surface area contributed by atoms with Crippen LogP contribution in [0.25, 0.3) is 22.4 Å². The second-order valence-electron chi connectivity index (χ2n) is 6.06. The van der Waals surface area contributed by atoms with E-state index in [9.17, 15) is 4.79 Å². The molecule has 0 unspecified atom stereocenters. The van der Waals surface area contributed by atoms with Crippen LogP contribution in [0.15, 0.2) is 48.5 Å². The standard InChI is InChI=1S/C19H18N4O3/c24-19(25)18-17(20-22-21-18)15-3-1-13(2-4-15)14-5-7-16(8-6-14)23-9-11-26-12-10-23/h1-8H,9-12H2,(H,24,25)(H,20,21,22). The maximum atomic E-state index is 11.2. The summed E-state index contributed by atoms with van der Waals surface area (Å²) in [5.41, 5.74) is 4.40. The van der Waals surface area contributed by atoms with Crippen LogP contribution in [-0.4, -0.2) is 52.8 Å². The number of benzene rings is 2. The highest BCUT2D eigenvalue weighted by Crippen LogP contribution is 2.27. The van der Waals surface area contributed by atoms with Crippen molar-refractivity contribution >= 4 is 11.7 Å². The number of nitrogens with zero attached hydrogens (tertiary/aromatic N) is 3. The number of aromatic nitrogens is 3. The van der Waals surface area contributed by atoms with E-state index in [2.05, 4.69) is 44.6 Å². The average Bonchev–Trinajstić information content (AvgIpc) is 3.19. The monoisotopic (exact) mass is 350 g/mol. The highest BCUT2D eigenvalue weighted by atomic mass is 16.5. The summed E-state index contributed by atoms with van der Waals surface area (Å²) in [7, 11) is 0. The highest BCUT2D eigenvalue weighted by Gasteiger charge is 2.16. The van der Waals surface area contributed by atoms with Gasteiger partial charge in [-0.25, -0.2) is 4.79 Å². The first-order chi connectivity index (χ1) is 12.7. The molecule has 2 N–H and O–H groups in total. The highest BCUT2D eigenvalue weighted by molar-refractivity contribution is 5.92. The Kier molecular flexibility index (Phi) is 4.37. The maximum Gasteiger partial charge on any atom is 0.356 e. The summed E-state index contributed by atoms with van der Waals surface area (Å²) in [5.74, 6) is -1.08. The molecule has 3 aromatic rings. The minimum Gasteiger partial charge on any atom is -0.476 e. The molecule has 2 heterocycles. The van der Waals surface area contributed by atoms with Crippen LogP contribution in [0.1, 0.15) is 10.5 Å². The number of ether oxygens (including phenoxy) is 1. The van der Waals surface area contributed by atoms with Gasteiger partial charge in [-0.15, -0.1) is 5.10 Å². The van der Waals surface area contributed by atoms with E-state index in [1.54, 1.807) is 0 Å². The molecule has 1 fully saturated rings. The maximum absolute atomic E-state index is 11.2. The topological polar surface area (TPSA) is 91.3 Å². The molecule has 26 heavy (non-hydrogen) atoms. The van der Waals surface area contributed by atoms with Gasteiger partial charge in [0.1, 0.15) is 5.69 Å². The third kappa shape index (κ3) is 3.16. The predicted octanol–water partition coefficient (Wildman–Crippen LogP) is 2.67. The van der Waals surface area contributed by atoms with Gasteiger partial charge in [0.05, 0.1) is 13.2 Å². The van der Waals surface area contributed by atoms with E-state index in [4.69, 9.17) is 9.84 Å². The lowest BCUT2D eigenvalue weighted by Crippen LogP contribution is -2.36. The van der Waals surface area contributed by atoms with E-state index in [1.165, 1.54) is 5.69 Å². The number of aromatic carboxylic acids is 1. The number of carboxylic acid groups (broad SMARTS) is 1. The molecule has 0 saturated carbocycles. The molecule has 7 heteroatoms. The van der Waals surface area contributed by atoms with Crippen LogP contribution in [0, 0.1) is 0 Å². The fraction of sp³-hybridized carbons (Fsp3) is 0.211. The largest absolute Gasteiger partial charge is 0.476 e. The Morgan fingerprint density at radius 3 is 2.15 bits per heavy atom. The van der Waals surface area contributed by atoms with Crippen molar-refractivity contribution in [3.8, 4) is 22.4 Å². The number of aromatic amines is 1. The quantitative estimate of drug-likeness (QED) is 0.752. The van der Waals surface area contributed by atoms with E-state index < -0.39 is 5.97 Å². The van der Waals surface area contributed by atoms with Gasteiger partial charge in [-0.3, -0.25) is 5.10 Å². The molecule has 0 amide bonds. The van der Waals surface area contributed by atoms with Crippen LogP contribution < -0.4 is 4.90 Å². The normalized spacial score (nSPS) is 14.4. The van der Waals surface area contributed by atoms with Crippen LogP contribution in [0.5, 0.6) is 0 Å². The first-order valence-electron chi connectivity index (χ1n) is 8.40. The molecule has 132 valence electrons. The van der Waals surface area contributed by atoms with Crippen molar-refractivity contribution in [1.29, 1.82) is 0 Å². The van der Waals surface area contributed by atoms with Gasteiger partial charge in [0.25, 0.3) is 0 Å². The Labute approximate surface area is 150 Å². The Morgan fingerprint density at radius 1 is 0.962 bits per heavy atom. The van der Waals surface area contributed by atoms with Crippen molar-refractivity contribution in [3.05, 3.63) is 54.2 Å². The van der Waals surface area contributed by atoms with Crippen LogP contribution in [-0.2, 0) is 4.74 Å². The van der Waals surface area contributed by atoms with E-state index in [0.29, 0.717) is 11.3 Å². The molecule has 1 aliphatic heterocycles. The van der Waals surface area contributed by atoms with Crippen molar-refractivity contribution in [2.75, 3.05) is 31.2 Å². The van der Waals surface area contributed by atoms with Crippen LogP contribution in [0.2, 0.25) is 0 Å². The van der Waals surface area contributed by atoms with E-state index in [1.807, 2.05) is 24.3 Å². The zero-order valence-electron chi connectivity index (χ0n) is 14.1. The minimum absolute atomic E-state index is 0.00684. The van der Waals surface area contributed by atoms with Crippen molar-refractivity contribution in [2.24, 2.45) is 0 Å². The first kappa shape index (κ1) is 16.3. The van der Waals surface area contributed by atoms with E-state index >= 15 is 0 Å². The smallest absolute Gasteiger partial charge is 0.356 e. The summed E-state index contributed by atoms with van der Waals surface area (Å²) in [5, 5.41) is 19.0. The molecule has 0 spiro atoms. The number of hydrogen-bond donors (Lipinski definition) is 2. The van der Waals surface area contributed by atoms with Crippen LogP contribution in [0.3, 0.4) is 0 Å². The Morgan fingerprint density at radius 2 is 1.54 bits per heavy atom. The number of rotatable bonds is 4. The molecule has 1 aliphatic rings. The molecular formula is C19H18N4O3. The summed E-state index contributed by atoms with van der Waals surface area (Å²) >= 11 is 0. The van der Waals surface area contributed by atoms with Crippen molar-refractivity contribution < 1.29 is 14.6 Å². The van der Waals surface area contributed by atoms with Gasteiger partial charge in [-0.05, 0) is 23.3 Å².